The third-order valence-electron chi connectivity index (χ3n) is 0.852. The Labute approximate surface area is 54.6 Å². The molecule has 0 aromatic heterocycles. The smallest absolute Gasteiger partial charge is 0.155 e. The van der Waals surface area contributed by atoms with Gasteiger partial charge in [-0.2, -0.15) is 0 Å². The monoisotopic (exact) mass is 126 g/mol. The number of rotatable bonds is 3. The van der Waals surface area contributed by atoms with Gasteiger partial charge in [-0.15, -0.1) is 0 Å². The molecule has 2 nitrogen and oxygen atoms in total. The van der Waals surface area contributed by atoms with Crippen LogP contribution in [-0.2, 0) is 9.59 Å². The maximum atomic E-state index is 10.5. The molecule has 0 heterocycles. The van der Waals surface area contributed by atoms with Crippen molar-refractivity contribution >= 4 is 11.6 Å². The van der Waals surface area contributed by atoms with E-state index in [-0.39, 0.29) is 11.6 Å². The summed E-state index contributed by atoms with van der Waals surface area (Å²) in [6.07, 6.45) is 3.05. The molecule has 0 aromatic rings. The lowest BCUT2D eigenvalue weighted by Gasteiger charge is -1.81. The molecule has 0 N–H and O–H groups in total. The molecule has 0 aromatic carbocycles. The van der Waals surface area contributed by atoms with Crippen LogP contribution in [0.4, 0.5) is 0 Å². The van der Waals surface area contributed by atoms with Crippen molar-refractivity contribution in [1.29, 1.82) is 0 Å². The summed E-state index contributed by atoms with van der Waals surface area (Å²) in [5.41, 5.74) is 0. The standard InChI is InChI=1S/C7H10O2/c1-3-7(9)5-4-6(2)8/h4-5H,3H2,1-2H3. The molecule has 0 spiro atoms. The molecular weight excluding hydrogens is 116 g/mol. The van der Waals surface area contributed by atoms with Gasteiger partial charge in [0.05, 0.1) is 0 Å². The fourth-order valence-electron chi connectivity index (χ4n) is 0.328. The first kappa shape index (κ1) is 8.08. The van der Waals surface area contributed by atoms with E-state index in [0.29, 0.717) is 6.42 Å². The van der Waals surface area contributed by atoms with Crippen molar-refractivity contribution in [2.24, 2.45) is 0 Å². The SMILES string of the molecule is CCC(=O)C=CC(C)=O. The molecular formula is C7H10O2. The molecule has 0 bridgehead atoms. The highest BCUT2D eigenvalue weighted by atomic mass is 16.1. The Balaban J connectivity index is 3.71. The summed E-state index contributed by atoms with van der Waals surface area (Å²) in [4.78, 5) is 20.7. The fraction of sp³-hybridized carbons (Fsp3) is 0.429. The largest absolute Gasteiger partial charge is 0.295 e. The second-order valence-corrected chi connectivity index (χ2v) is 1.76. The Morgan fingerprint density at radius 1 is 1.33 bits per heavy atom. The molecule has 0 aliphatic rings. The summed E-state index contributed by atoms with van der Waals surface area (Å²) in [6.45, 7) is 3.17. The minimum absolute atomic E-state index is 0.00907. The van der Waals surface area contributed by atoms with Crippen molar-refractivity contribution in [3.63, 3.8) is 0 Å². The van der Waals surface area contributed by atoms with Crippen molar-refractivity contribution in [2.45, 2.75) is 20.3 Å². The zero-order chi connectivity index (χ0) is 7.28. The molecule has 0 aliphatic carbocycles. The van der Waals surface area contributed by atoms with Crippen LogP contribution < -0.4 is 0 Å². The van der Waals surface area contributed by atoms with E-state index in [0.717, 1.165) is 0 Å². The normalized spacial score (nSPS) is 10.0. The molecule has 0 amide bonds. The van der Waals surface area contributed by atoms with Crippen molar-refractivity contribution < 1.29 is 9.59 Å². The van der Waals surface area contributed by atoms with Gasteiger partial charge in [0.2, 0.25) is 0 Å². The van der Waals surface area contributed by atoms with Gasteiger partial charge in [0.25, 0.3) is 0 Å². The third-order valence-corrected chi connectivity index (χ3v) is 0.852. The van der Waals surface area contributed by atoms with E-state index in [1.165, 1.54) is 19.1 Å². The van der Waals surface area contributed by atoms with Gasteiger partial charge >= 0.3 is 0 Å². The Bertz CT molecular complexity index is 145. The molecule has 50 valence electrons. The molecule has 0 atom stereocenters. The van der Waals surface area contributed by atoms with Crippen molar-refractivity contribution in [2.75, 3.05) is 0 Å². The quantitative estimate of drug-likeness (QED) is 0.531. The van der Waals surface area contributed by atoms with E-state index in [1.807, 2.05) is 0 Å². The van der Waals surface area contributed by atoms with Gasteiger partial charge in [0.1, 0.15) is 0 Å². The minimum Gasteiger partial charge on any atom is -0.295 e. The van der Waals surface area contributed by atoms with Gasteiger partial charge < -0.3 is 0 Å². The van der Waals surface area contributed by atoms with Crippen molar-refractivity contribution in [3.05, 3.63) is 12.2 Å². The van der Waals surface area contributed by atoms with E-state index < -0.39 is 0 Å². The number of carbonyl (C=O) groups excluding carboxylic acids is 2. The van der Waals surface area contributed by atoms with Crippen LogP contribution in [-0.4, -0.2) is 11.6 Å². The van der Waals surface area contributed by atoms with Crippen LogP contribution in [0, 0.1) is 0 Å². The summed E-state index contributed by atoms with van der Waals surface area (Å²) in [7, 11) is 0. The highest BCUT2D eigenvalue weighted by molar-refractivity contribution is 5.97. The van der Waals surface area contributed by atoms with E-state index in [9.17, 15) is 9.59 Å². The first-order chi connectivity index (χ1) is 4.16. The summed E-state index contributed by atoms with van der Waals surface area (Å²) < 4.78 is 0. The fourth-order valence-corrected chi connectivity index (χ4v) is 0.328. The van der Waals surface area contributed by atoms with Crippen LogP contribution in [0.25, 0.3) is 0 Å². The lowest BCUT2D eigenvalue weighted by atomic mass is 10.2. The van der Waals surface area contributed by atoms with E-state index >= 15 is 0 Å². The highest BCUT2D eigenvalue weighted by Gasteiger charge is 1.89. The number of hydrogen-bond acceptors (Lipinski definition) is 2. The zero-order valence-electron chi connectivity index (χ0n) is 5.68. The minimum atomic E-state index is -0.0863. The Morgan fingerprint density at radius 3 is 2.22 bits per heavy atom. The lowest BCUT2D eigenvalue weighted by Crippen LogP contribution is -1.89. The Hall–Kier alpha value is -0.920. The molecule has 9 heavy (non-hydrogen) atoms. The van der Waals surface area contributed by atoms with Crippen LogP contribution in [0.2, 0.25) is 0 Å². The molecule has 0 fully saturated rings. The maximum Gasteiger partial charge on any atom is 0.155 e. The van der Waals surface area contributed by atoms with Gasteiger partial charge in [-0.05, 0) is 19.1 Å². The van der Waals surface area contributed by atoms with Gasteiger partial charge in [-0.1, -0.05) is 6.92 Å². The summed E-state index contributed by atoms with van der Waals surface area (Å²) in [5.74, 6) is -0.0954. The van der Waals surface area contributed by atoms with Crippen LogP contribution in [0.3, 0.4) is 0 Å². The van der Waals surface area contributed by atoms with E-state index in [2.05, 4.69) is 0 Å². The topological polar surface area (TPSA) is 34.1 Å². The summed E-state index contributed by atoms with van der Waals surface area (Å²) in [5, 5.41) is 0. The molecule has 0 aliphatic heterocycles. The number of hydrogen-bond donors (Lipinski definition) is 0. The Morgan fingerprint density at radius 2 is 1.89 bits per heavy atom. The van der Waals surface area contributed by atoms with Gasteiger partial charge in [-0.25, -0.2) is 0 Å². The molecule has 0 rings (SSSR count). The van der Waals surface area contributed by atoms with Crippen molar-refractivity contribution in [1.82, 2.24) is 0 Å². The van der Waals surface area contributed by atoms with E-state index in [1.54, 1.807) is 6.92 Å². The summed E-state index contributed by atoms with van der Waals surface area (Å²) >= 11 is 0. The van der Waals surface area contributed by atoms with Gasteiger partial charge in [0.15, 0.2) is 11.6 Å². The number of carbonyl (C=O) groups is 2. The van der Waals surface area contributed by atoms with Crippen LogP contribution >= 0.6 is 0 Å². The highest BCUT2D eigenvalue weighted by Crippen LogP contribution is 1.83. The molecule has 2 heteroatoms. The van der Waals surface area contributed by atoms with Crippen molar-refractivity contribution in [3.8, 4) is 0 Å². The van der Waals surface area contributed by atoms with Crippen LogP contribution in [0.15, 0.2) is 12.2 Å². The third kappa shape index (κ3) is 4.94. The second kappa shape index (κ2) is 4.01. The maximum absolute atomic E-state index is 10.5. The zero-order valence-corrected chi connectivity index (χ0v) is 5.68. The van der Waals surface area contributed by atoms with Crippen LogP contribution in [0.1, 0.15) is 20.3 Å². The molecule has 0 saturated heterocycles. The predicted octanol–water partition coefficient (Wildman–Crippen LogP) is 1.11. The van der Waals surface area contributed by atoms with Crippen LogP contribution in [0.5, 0.6) is 0 Å². The number of allylic oxidation sites excluding steroid dienone is 2. The van der Waals surface area contributed by atoms with E-state index in [4.69, 9.17) is 0 Å². The Kier molecular flexibility index (Phi) is 3.60. The average Bonchev–Trinajstić information content (AvgIpc) is 1.83. The first-order valence-electron chi connectivity index (χ1n) is 2.88. The van der Waals surface area contributed by atoms with Gasteiger partial charge in [-0.3, -0.25) is 9.59 Å². The first-order valence-corrected chi connectivity index (χ1v) is 2.88. The molecule has 0 saturated carbocycles. The molecule has 0 radical (unpaired) electrons. The average molecular weight is 126 g/mol. The predicted molar refractivity (Wildman–Crippen MR) is 35.1 cm³/mol. The lowest BCUT2D eigenvalue weighted by molar-refractivity contribution is -0.115. The second-order valence-electron chi connectivity index (χ2n) is 1.76. The molecule has 0 unspecified atom stereocenters. The number of ketones is 2. The summed E-state index contributed by atoms with van der Waals surface area (Å²) in [6, 6.07) is 0. The van der Waals surface area contributed by atoms with Gasteiger partial charge in [0, 0.05) is 6.42 Å².